The summed E-state index contributed by atoms with van der Waals surface area (Å²) in [6.07, 6.45) is 1.60. The first-order valence-corrected chi connectivity index (χ1v) is 12.9. The second-order valence-electron chi connectivity index (χ2n) is 7.85. The molecule has 0 unspecified atom stereocenters. The van der Waals surface area contributed by atoms with Crippen LogP contribution in [0.4, 0.5) is 0 Å². The van der Waals surface area contributed by atoms with Crippen LogP contribution in [0.2, 0.25) is 0 Å². The van der Waals surface area contributed by atoms with Gasteiger partial charge in [-0.15, -0.1) is 0 Å². The van der Waals surface area contributed by atoms with Gasteiger partial charge in [0.15, 0.2) is 16.3 Å². The fourth-order valence-electron chi connectivity index (χ4n) is 4.00. The summed E-state index contributed by atoms with van der Waals surface area (Å²) in [7, 11) is 1.57. The number of carbonyl (C=O) groups is 1. The highest BCUT2D eigenvalue weighted by Crippen LogP contribution is 2.35. The number of aromatic nitrogens is 1. The number of halogens is 1. The van der Waals surface area contributed by atoms with E-state index < -0.39 is 12.0 Å². The van der Waals surface area contributed by atoms with E-state index in [1.54, 1.807) is 51.3 Å². The molecule has 0 amide bonds. The van der Waals surface area contributed by atoms with Crippen LogP contribution in [-0.2, 0) is 9.53 Å². The third kappa shape index (κ3) is 4.83. The molecular formula is C26H25BrN2O6S. The van der Waals surface area contributed by atoms with E-state index in [0.29, 0.717) is 54.3 Å². The molecule has 1 aromatic heterocycles. The zero-order valence-electron chi connectivity index (χ0n) is 20.2. The van der Waals surface area contributed by atoms with Crippen molar-refractivity contribution in [2.45, 2.75) is 26.8 Å². The lowest BCUT2D eigenvalue weighted by Crippen LogP contribution is -2.39. The second-order valence-corrected chi connectivity index (χ2v) is 9.77. The Labute approximate surface area is 219 Å². The third-order valence-electron chi connectivity index (χ3n) is 5.60. The molecule has 0 saturated carbocycles. The van der Waals surface area contributed by atoms with Crippen LogP contribution in [0.1, 0.15) is 37.9 Å². The molecule has 0 bridgehead atoms. The Balaban J connectivity index is 1.95. The number of hydrogen-bond acceptors (Lipinski definition) is 8. The number of thiazole rings is 1. The van der Waals surface area contributed by atoms with Gasteiger partial charge in [0.2, 0.25) is 0 Å². The maximum atomic E-state index is 13.7. The Bertz CT molecular complexity index is 1520. The van der Waals surface area contributed by atoms with Gasteiger partial charge in [-0.25, -0.2) is 9.79 Å². The molecule has 1 atom stereocenters. The van der Waals surface area contributed by atoms with Crippen LogP contribution in [0, 0.1) is 0 Å². The fourth-order valence-corrected chi connectivity index (χ4v) is 5.50. The van der Waals surface area contributed by atoms with Gasteiger partial charge < -0.3 is 19.3 Å². The van der Waals surface area contributed by atoms with Crippen molar-refractivity contribution in [1.29, 1.82) is 0 Å². The van der Waals surface area contributed by atoms with E-state index in [1.807, 2.05) is 19.1 Å². The van der Waals surface area contributed by atoms with E-state index in [2.05, 4.69) is 20.9 Å². The molecule has 1 aliphatic heterocycles. The average molecular weight is 573 g/mol. The second kappa shape index (κ2) is 10.7. The van der Waals surface area contributed by atoms with Crippen molar-refractivity contribution in [2.75, 3.05) is 20.3 Å². The van der Waals surface area contributed by atoms with Crippen LogP contribution in [0.15, 0.2) is 61.9 Å². The molecule has 0 spiro atoms. The summed E-state index contributed by atoms with van der Waals surface area (Å²) in [5.41, 5.74) is 1.56. The summed E-state index contributed by atoms with van der Waals surface area (Å²) in [5.74, 6) is 0.364. The zero-order valence-corrected chi connectivity index (χ0v) is 22.6. The minimum atomic E-state index is -0.733. The molecule has 0 aliphatic carbocycles. The molecule has 188 valence electrons. The largest absolute Gasteiger partial charge is 0.504 e. The quantitative estimate of drug-likeness (QED) is 0.434. The van der Waals surface area contributed by atoms with Crippen molar-refractivity contribution < 1.29 is 24.1 Å². The molecule has 0 saturated heterocycles. The van der Waals surface area contributed by atoms with Gasteiger partial charge in [-0.2, -0.15) is 0 Å². The number of aromatic hydroxyl groups is 1. The number of methoxy groups -OCH3 is 1. The number of hydrogen-bond donors (Lipinski definition) is 1. The first-order valence-electron chi connectivity index (χ1n) is 11.3. The Morgan fingerprint density at radius 1 is 1.22 bits per heavy atom. The van der Waals surface area contributed by atoms with Gasteiger partial charge in [0.05, 0.1) is 42.2 Å². The van der Waals surface area contributed by atoms with Crippen molar-refractivity contribution in [3.8, 4) is 17.2 Å². The van der Waals surface area contributed by atoms with E-state index in [0.717, 1.165) is 0 Å². The number of ether oxygens (including phenoxy) is 3. The number of carbonyl (C=O) groups excluding carboxylic acids is 1. The Morgan fingerprint density at radius 3 is 2.58 bits per heavy atom. The highest BCUT2D eigenvalue weighted by molar-refractivity contribution is 9.10. The molecule has 8 nitrogen and oxygen atoms in total. The van der Waals surface area contributed by atoms with Gasteiger partial charge in [0.25, 0.3) is 5.56 Å². The Morgan fingerprint density at radius 2 is 1.94 bits per heavy atom. The lowest BCUT2D eigenvalue weighted by Gasteiger charge is -2.24. The highest BCUT2D eigenvalue weighted by atomic mass is 79.9. The lowest BCUT2D eigenvalue weighted by molar-refractivity contribution is -0.139. The van der Waals surface area contributed by atoms with E-state index in [1.165, 1.54) is 15.9 Å². The first kappa shape index (κ1) is 25.7. The average Bonchev–Trinajstić information content (AvgIpc) is 3.15. The molecule has 0 radical (unpaired) electrons. The number of phenolic OH excluding ortho intramolecular Hbond substituents is 1. The summed E-state index contributed by atoms with van der Waals surface area (Å²) >= 11 is 4.60. The van der Waals surface area contributed by atoms with Gasteiger partial charge >= 0.3 is 5.97 Å². The number of phenols is 1. The molecule has 1 aliphatic rings. The van der Waals surface area contributed by atoms with Gasteiger partial charge in [-0.1, -0.05) is 39.4 Å². The molecule has 1 N–H and O–H groups in total. The molecule has 0 fully saturated rings. The first-order chi connectivity index (χ1) is 17.3. The minimum Gasteiger partial charge on any atom is -0.504 e. The fraction of sp³-hybridized carbons (Fsp3) is 0.269. The number of esters is 1. The molecule has 2 heterocycles. The van der Waals surface area contributed by atoms with E-state index in [9.17, 15) is 14.7 Å². The van der Waals surface area contributed by atoms with Crippen LogP contribution in [0.5, 0.6) is 17.2 Å². The monoisotopic (exact) mass is 572 g/mol. The van der Waals surface area contributed by atoms with Gasteiger partial charge in [0, 0.05) is 10.0 Å². The minimum absolute atomic E-state index is 0.0685. The molecule has 2 aromatic carbocycles. The number of benzene rings is 2. The van der Waals surface area contributed by atoms with E-state index >= 15 is 0 Å². The van der Waals surface area contributed by atoms with Crippen LogP contribution in [0.25, 0.3) is 6.08 Å². The molecule has 36 heavy (non-hydrogen) atoms. The standard InChI is InChI=1S/C26H25BrN2O6S/c1-5-34-19-13-17(27)11-16(23(19)30)12-20-24(31)29-22(15-7-9-18(33-4)10-8-15)21(25(32)35-6-2)14(3)28-26(29)36-20/h7-13,22,30H,5-6H2,1-4H3/b20-12+/t22-/m0/s1. The van der Waals surface area contributed by atoms with Crippen molar-refractivity contribution in [3.05, 3.63) is 83.0 Å². The van der Waals surface area contributed by atoms with Gasteiger partial charge in [-0.05, 0) is 56.7 Å². The maximum absolute atomic E-state index is 13.7. The van der Waals surface area contributed by atoms with E-state index in [-0.39, 0.29) is 17.9 Å². The van der Waals surface area contributed by atoms with Crippen LogP contribution in [0.3, 0.4) is 0 Å². The Hall–Kier alpha value is -3.37. The predicted octanol–water partition coefficient (Wildman–Crippen LogP) is 3.67. The topological polar surface area (TPSA) is 99.4 Å². The summed E-state index contributed by atoms with van der Waals surface area (Å²) in [4.78, 5) is 31.7. The molecular weight excluding hydrogens is 548 g/mol. The smallest absolute Gasteiger partial charge is 0.338 e. The van der Waals surface area contributed by atoms with E-state index in [4.69, 9.17) is 14.2 Å². The lowest BCUT2D eigenvalue weighted by atomic mass is 9.96. The number of nitrogens with zero attached hydrogens (tertiary/aromatic N) is 2. The zero-order chi connectivity index (χ0) is 26.0. The summed E-state index contributed by atoms with van der Waals surface area (Å²) in [5, 5.41) is 10.7. The van der Waals surface area contributed by atoms with Crippen molar-refractivity contribution in [3.63, 3.8) is 0 Å². The number of allylic oxidation sites excluding steroid dienone is 1. The number of rotatable bonds is 7. The summed E-state index contributed by atoms with van der Waals surface area (Å²) in [6, 6.07) is 9.81. The van der Waals surface area contributed by atoms with Gasteiger partial charge in [0.1, 0.15) is 5.75 Å². The molecule has 4 rings (SSSR count). The summed E-state index contributed by atoms with van der Waals surface area (Å²) in [6.45, 7) is 5.85. The maximum Gasteiger partial charge on any atom is 0.338 e. The third-order valence-corrected chi connectivity index (χ3v) is 7.04. The highest BCUT2D eigenvalue weighted by Gasteiger charge is 2.33. The normalized spacial score (nSPS) is 15.4. The van der Waals surface area contributed by atoms with Crippen LogP contribution >= 0.6 is 27.3 Å². The SMILES string of the molecule is CCOC(=O)C1=C(C)N=c2s/c(=C/c3cc(Br)cc(OCC)c3O)c(=O)n2[C@H]1c1ccc(OC)cc1. The van der Waals surface area contributed by atoms with Crippen molar-refractivity contribution in [2.24, 2.45) is 4.99 Å². The van der Waals surface area contributed by atoms with Crippen LogP contribution in [-0.4, -0.2) is 36.0 Å². The summed E-state index contributed by atoms with van der Waals surface area (Å²) < 4.78 is 18.6. The molecule has 10 heteroatoms. The van der Waals surface area contributed by atoms with Crippen molar-refractivity contribution in [1.82, 2.24) is 4.57 Å². The predicted molar refractivity (Wildman–Crippen MR) is 140 cm³/mol. The van der Waals surface area contributed by atoms with Crippen LogP contribution < -0.4 is 24.4 Å². The van der Waals surface area contributed by atoms with Crippen molar-refractivity contribution >= 4 is 39.3 Å². The van der Waals surface area contributed by atoms with Gasteiger partial charge in [-0.3, -0.25) is 9.36 Å². The molecule has 3 aromatic rings. The number of fused-ring (bicyclic) bond motifs is 1. The Kier molecular flexibility index (Phi) is 7.65.